The molecule has 2 aromatic rings. The number of hydrogen-bond donors (Lipinski definition) is 0. The highest BCUT2D eigenvalue weighted by molar-refractivity contribution is 5.72. The van der Waals surface area contributed by atoms with E-state index in [9.17, 15) is 22.4 Å². The molecule has 0 radical (unpaired) electrons. The predicted molar refractivity (Wildman–Crippen MR) is 87.5 cm³/mol. The molecule has 0 bridgehead atoms. The molecule has 0 amide bonds. The van der Waals surface area contributed by atoms with Gasteiger partial charge in [-0.3, -0.25) is 4.79 Å². The first-order chi connectivity index (χ1) is 12.3. The van der Waals surface area contributed by atoms with Gasteiger partial charge in [0.25, 0.3) is 0 Å². The number of esters is 1. The first-order valence-corrected chi connectivity index (χ1v) is 8.07. The van der Waals surface area contributed by atoms with E-state index in [2.05, 4.69) is 0 Å². The van der Waals surface area contributed by atoms with E-state index in [1.54, 1.807) is 6.92 Å². The van der Waals surface area contributed by atoms with Crippen molar-refractivity contribution in [2.45, 2.75) is 39.5 Å². The lowest BCUT2D eigenvalue weighted by molar-refractivity contribution is -0.140. The second-order valence-electron chi connectivity index (χ2n) is 5.50. The Morgan fingerprint density at radius 1 is 1.12 bits per heavy atom. The summed E-state index contributed by atoms with van der Waals surface area (Å²) < 4.78 is 64.0. The number of benzene rings is 2. The van der Waals surface area contributed by atoms with Gasteiger partial charge in [-0.2, -0.15) is 13.2 Å². The van der Waals surface area contributed by atoms with E-state index in [1.807, 2.05) is 0 Å². The number of ether oxygens (including phenoxy) is 2. The Kier molecular flexibility index (Phi) is 6.23. The summed E-state index contributed by atoms with van der Waals surface area (Å²) in [6, 6.07) is 7.41. The van der Waals surface area contributed by atoms with Crippen LogP contribution in [0.25, 0.3) is 0 Å². The van der Waals surface area contributed by atoms with Gasteiger partial charge in [0.2, 0.25) is 0 Å². The Morgan fingerprint density at radius 2 is 1.85 bits per heavy atom. The molecule has 0 aromatic heterocycles. The van der Waals surface area contributed by atoms with E-state index >= 15 is 0 Å². The van der Waals surface area contributed by atoms with Crippen LogP contribution < -0.4 is 9.47 Å². The molecule has 3 nitrogen and oxygen atoms in total. The fourth-order valence-electron chi connectivity index (χ4n) is 2.33. The molecule has 140 valence electrons. The number of aryl methyl sites for hydroxylation is 1. The summed E-state index contributed by atoms with van der Waals surface area (Å²) in [5.41, 5.74) is -0.808. The van der Waals surface area contributed by atoms with Crippen LogP contribution in [0.4, 0.5) is 17.6 Å². The lowest BCUT2D eigenvalue weighted by Crippen LogP contribution is -2.15. The maximum atomic E-state index is 13.8. The van der Waals surface area contributed by atoms with Crippen molar-refractivity contribution in [3.8, 4) is 11.5 Å². The van der Waals surface area contributed by atoms with Crippen molar-refractivity contribution >= 4 is 5.97 Å². The molecule has 0 N–H and O–H groups in total. The van der Waals surface area contributed by atoms with Crippen LogP contribution in [0.5, 0.6) is 11.5 Å². The molecule has 7 heteroatoms. The van der Waals surface area contributed by atoms with E-state index in [4.69, 9.17) is 9.47 Å². The van der Waals surface area contributed by atoms with E-state index in [0.29, 0.717) is 12.0 Å². The molecule has 0 aliphatic carbocycles. The highest BCUT2D eigenvalue weighted by Gasteiger charge is 2.35. The van der Waals surface area contributed by atoms with Crippen LogP contribution in [-0.2, 0) is 24.0 Å². The topological polar surface area (TPSA) is 35.5 Å². The predicted octanol–water partition coefficient (Wildman–Crippen LogP) is 5.30. The molecular weight excluding hydrogens is 352 g/mol. The minimum atomic E-state index is -4.65. The third-order valence-corrected chi connectivity index (χ3v) is 3.74. The Balaban J connectivity index is 2.33. The van der Waals surface area contributed by atoms with Crippen LogP contribution in [0, 0.1) is 5.82 Å². The Labute approximate surface area is 148 Å². The normalized spacial score (nSPS) is 11.3. The van der Waals surface area contributed by atoms with Gasteiger partial charge in [0, 0.05) is 18.1 Å². The number of carbonyl (C=O) groups excluding carboxylic acids is 1. The van der Waals surface area contributed by atoms with Gasteiger partial charge in [-0.05, 0) is 30.2 Å². The zero-order valence-electron chi connectivity index (χ0n) is 14.3. The van der Waals surface area contributed by atoms with Crippen LogP contribution in [0.1, 0.15) is 37.0 Å². The van der Waals surface area contributed by atoms with Crippen molar-refractivity contribution in [3.63, 3.8) is 0 Å². The number of alkyl halides is 3. The smallest absolute Gasteiger partial charge is 0.416 e. The summed E-state index contributed by atoms with van der Waals surface area (Å²) in [4.78, 5) is 11.5. The molecule has 0 aliphatic heterocycles. The van der Waals surface area contributed by atoms with E-state index in [1.165, 1.54) is 25.1 Å². The summed E-state index contributed by atoms with van der Waals surface area (Å²) >= 11 is 0. The van der Waals surface area contributed by atoms with Crippen molar-refractivity contribution in [3.05, 3.63) is 58.9 Å². The molecule has 2 aromatic carbocycles. The van der Waals surface area contributed by atoms with Gasteiger partial charge in [-0.25, -0.2) is 4.39 Å². The highest BCUT2D eigenvalue weighted by Crippen LogP contribution is 2.37. The van der Waals surface area contributed by atoms with Crippen LogP contribution in [0.15, 0.2) is 36.4 Å². The lowest BCUT2D eigenvalue weighted by Gasteiger charge is -2.17. The van der Waals surface area contributed by atoms with Crippen LogP contribution in [-0.4, -0.2) is 5.97 Å². The number of rotatable bonds is 6. The van der Waals surface area contributed by atoms with Crippen molar-refractivity contribution in [1.29, 1.82) is 0 Å². The Morgan fingerprint density at radius 3 is 2.42 bits per heavy atom. The average Bonchev–Trinajstić information content (AvgIpc) is 2.59. The van der Waals surface area contributed by atoms with Gasteiger partial charge in [0.05, 0.1) is 5.56 Å². The first kappa shape index (κ1) is 19.8. The maximum Gasteiger partial charge on any atom is 0.416 e. The molecule has 2 rings (SSSR count). The van der Waals surface area contributed by atoms with Crippen molar-refractivity contribution < 1.29 is 31.8 Å². The highest BCUT2D eigenvalue weighted by atomic mass is 19.4. The van der Waals surface area contributed by atoms with E-state index < -0.39 is 30.1 Å². The molecule has 0 heterocycles. The summed E-state index contributed by atoms with van der Waals surface area (Å²) in [6.07, 6.45) is -4.15. The molecule has 0 saturated heterocycles. The van der Waals surface area contributed by atoms with Crippen LogP contribution in [0.3, 0.4) is 0 Å². The lowest BCUT2D eigenvalue weighted by atomic mass is 10.1. The first-order valence-electron chi connectivity index (χ1n) is 8.07. The fraction of sp³-hybridized carbons (Fsp3) is 0.316. The second-order valence-corrected chi connectivity index (χ2v) is 5.50. The van der Waals surface area contributed by atoms with Gasteiger partial charge in [0.1, 0.15) is 23.9 Å². The standard InChI is InChI=1S/C19H18F4O3/c1-3-12-8-9-13(10-16(12)20)25-11-14-15(19(21,22)23)6-5-7-17(14)26-18(24)4-2/h5-10H,3-4,11H2,1-2H3. The zero-order valence-corrected chi connectivity index (χ0v) is 14.3. The van der Waals surface area contributed by atoms with Crippen molar-refractivity contribution in [2.75, 3.05) is 0 Å². The van der Waals surface area contributed by atoms with Gasteiger partial charge >= 0.3 is 12.1 Å². The molecule has 0 spiro atoms. The van der Waals surface area contributed by atoms with E-state index in [0.717, 1.165) is 18.2 Å². The Hall–Kier alpha value is -2.57. The summed E-state index contributed by atoms with van der Waals surface area (Å²) in [5.74, 6) is -1.29. The van der Waals surface area contributed by atoms with Crippen molar-refractivity contribution in [1.82, 2.24) is 0 Å². The monoisotopic (exact) mass is 370 g/mol. The average molecular weight is 370 g/mol. The summed E-state index contributed by atoms with van der Waals surface area (Å²) in [7, 11) is 0. The molecule has 0 saturated carbocycles. The molecule has 0 fully saturated rings. The van der Waals surface area contributed by atoms with Crippen LogP contribution in [0.2, 0.25) is 0 Å². The van der Waals surface area contributed by atoms with Gasteiger partial charge < -0.3 is 9.47 Å². The molecular formula is C19H18F4O3. The van der Waals surface area contributed by atoms with Gasteiger partial charge in [-0.15, -0.1) is 0 Å². The molecule has 26 heavy (non-hydrogen) atoms. The minimum absolute atomic E-state index is 0.0141. The fourth-order valence-corrected chi connectivity index (χ4v) is 2.33. The molecule has 0 aliphatic rings. The minimum Gasteiger partial charge on any atom is -0.489 e. The van der Waals surface area contributed by atoms with Crippen molar-refractivity contribution in [2.24, 2.45) is 0 Å². The number of halogens is 4. The van der Waals surface area contributed by atoms with Gasteiger partial charge in [0.15, 0.2) is 0 Å². The van der Waals surface area contributed by atoms with E-state index in [-0.39, 0.29) is 23.5 Å². The molecule has 0 unspecified atom stereocenters. The summed E-state index contributed by atoms with van der Waals surface area (Å²) in [5, 5.41) is 0. The second kappa shape index (κ2) is 8.21. The largest absolute Gasteiger partial charge is 0.489 e. The summed E-state index contributed by atoms with van der Waals surface area (Å²) in [6.45, 7) is 2.80. The third kappa shape index (κ3) is 4.74. The zero-order chi connectivity index (χ0) is 19.3. The maximum absolute atomic E-state index is 13.8. The SMILES string of the molecule is CCC(=O)Oc1cccc(C(F)(F)F)c1COc1ccc(CC)c(F)c1. The number of hydrogen-bond acceptors (Lipinski definition) is 3. The van der Waals surface area contributed by atoms with Crippen LogP contribution >= 0.6 is 0 Å². The number of carbonyl (C=O) groups is 1. The third-order valence-electron chi connectivity index (χ3n) is 3.74. The van der Waals surface area contributed by atoms with Gasteiger partial charge in [-0.1, -0.05) is 26.0 Å². The molecule has 0 atom stereocenters. The quantitative estimate of drug-likeness (QED) is 0.393. The Bertz CT molecular complexity index is 785.